The SMILES string of the molecule is CCN(CC(O)CS(=O)(=O)[O-])c1cc(C)cc(C)c1.[Na+]. The molecular weight excluding hydrogens is 289 g/mol. The molecule has 20 heavy (non-hydrogen) atoms. The average molecular weight is 309 g/mol. The summed E-state index contributed by atoms with van der Waals surface area (Å²) in [5.41, 5.74) is 3.11. The van der Waals surface area contributed by atoms with Gasteiger partial charge in [0.15, 0.2) is 0 Å². The van der Waals surface area contributed by atoms with Crippen molar-refractivity contribution in [3.8, 4) is 0 Å². The molecular formula is C13H20NNaO4S. The van der Waals surface area contributed by atoms with E-state index in [-0.39, 0.29) is 36.1 Å². The first-order valence-corrected chi connectivity index (χ1v) is 7.74. The smallest absolute Gasteiger partial charge is 0.748 e. The molecule has 0 amide bonds. The summed E-state index contributed by atoms with van der Waals surface area (Å²) < 4.78 is 31.9. The van der Waals surface area contributed by atoms with Gasteiger partial charge < -0.3 is 14.6 Å². The number of benzene rings is 1. The summed E-state index contributed by atoms with van der Waals surface area (Å²) in [5, 5.41) is 9.67. The standard InChI is InChI=1S/C13H21NO4S.Na/c1-4-14(8-13(15)9-19(16,17)18)12-6-10(2)5-11(3)7-12;/h5-7,13,15H,4,8-9H2,1-3H3,(H,16,17,18);/q;+1/p-1. The maximum Gasteiger partial charge on any atom is 1.00 e. The van der Waals surface area contributed by atoms with Crippen LogP contribution in [0.1, 0.15) is 18.1 Å². The molecule has 0 aliphatic heterocycles. The molecule has 0 aromatic heterocycles. The Morgan fingerprint density at radius 3 is 2.15 bits per heavy atom. The van der Waals surface area contributed by atoms with E-state index in [0.717, 1.165) is 16.8 Å². The number of nitrogens with zero attached hydrogens (tertiary/aromatic N) is 1. The molecule has 1 unspecified atom stereocenters. The van der Waals surface area contributed by atoms with Gasteiger partial charge in [0, 0.05) is 18.8 Å². The molecule has 0 radical (unpaired) electrons. The Hall–Kier alpha value is -0.110. The predicted molar refractivity (Wildman–Crippen MR) is 74.4 cm³/mol. The molecule has 0 heterocycles. The molecule has 5 nitrogen and oxygen atoms in total. The molecule has 1 N–H and O–H groups in total. The summed E-state index contributed by atoms with van der Waals surface area (Å²) in [7, 11) is -4.40. The van der Waals surface area contributed by atoms with E-state index < -0.39 is 22.0 Å². The summed E-state index contributed by atoms with van der Waals surface area (Å²) in [4.78, 5) is 1.86. The molecule has 1 aromatic carbocycles. The third-order valence-electron chi connectivity index (χ3n) is 2.78. The van der Waals surface area contributed by atoms with Crippen LogP contribution in [0.4, 0.5) is 5.69 Å². The Morgan fingerprint density at radius 2 is 1.75 bits per heavy atom. The van der Waals surface area contributed by atoms with Gasteiger partial charge in [-0.3, -0.25) is 0 Å². The fourth-order valence-electron chi connectivity index (χ4n) is 2.09. The maximum absolute atomic E-state index is 10.6. The minimum Gasteiger partial charge on any atom is -0.748 e. The van der Waals surface area contributed by atoms with Gasteiger partial charge in [0.25, 0.3) is 0 Å². The van der Waals surface area contributed by atoms with Crippen LogP contribution in [0.5, 0.6) is 0 Å². The third-order valence-corrected chi connectivity index (χ3v) is 3.57. The molecule has 0 fully saturated rings. The molecule has 1 rings (SSSR count). The van der Waals surface area contributed by atoms with Gasteiger partial charge in [0.1, 0.15) is 0 Å². The van der Waals surface area contributed by atoms with Crippen molar-refractivity contribution in [1.29, 1.82) is 0 Å². The molecule has 1 aromatic rings. The van der Waals surface area contributed by atoms with Crippen LogP contribution in [-0.2, 0) is 10.1 Å². The van der Waals surface area contributed by atoms with Crippen LogP contribution in [0, 0.1) is 13.8 Å². The van der Waals surface area contributed by atoms with Gasteiger partial charge in [0.2, 0.25) is 0 Å². The van der Waals surface area contributed by atoms with Crippen molar-refractivity contribution in [2.24, 2.45) is 0 Å². The van der Waals surface area contributed by atoms with Crippen LogP contribution in [0.15, 0.2) is 18.2 Å². The fourth-order valence-corrected chi connectivity index (χ4v) is 2.67. The van der Waals surface area contributed by atoms with Crippen LogP contribution < -0.4 is 34.5 Å². The van der Waals surface area contributed by atoms with E-state index in [2.05, 4.69) is 0 Å². The van der Waals surface area contributed by atoms with Gasteiger partial charge in [0.05, 0.1) is 22.0 Å². The first-order valence-electron chi connectivity index (χ1n) is 6.16. The van der Waals surface area contributed by atoms with Crippen molar-refractivity contribution in [2.75, 3.05) is 23.7 Å². The number of likely N-dealkylation sites (N-methyl/N-ethyl adjacent to an activating group) is 1. The van der Waals surface area contributed by atoms with E-state index in [1.54, 1.807) is 0 Å². The molecule has 7 heteroatoms. The quantitative estimate of drug-likeness (QED) is 0.487. The van der Waals surface area contributed by atoms with Crippen LogP contribution in [0.2, 0.25) is 0 Å². The number of anilines is 1. The van der Waals surface area contributed by atoms with Crippen LogP contribution >= 0.6 is 0 Å². The maximum atomic E-state index is 10.6. The second-order valence-corrected chi connectivity index (χ2v) is 6.21. The van der Waals surface area contributed by atoms with Crippen molar-refractivity contribution in [3.63, 3.8) is 0 Å². The second-order valence-electron chi connectivity index (χ2n) is 4.76. The topological polar surface area (TPSA) is 80.7 Å². The minimum atomic E-state index is -4.40. The van der Waals surface area contributed by atoms with Gasteiger partial charge in [-0.25, -0.2) is 8.42 Å². The van der Waals surface area contributed by atoms with Gasteiger partial charge in [-0.2, -0.15) is 0 Å². The zero-order valence-corrected chi connectivity index (χ0v) is 15.3. The normalized spacial score (nSPS) is 12.7. The van der Waals surface area contributed by atoms with Gasteiger partial charge in [-0.05, 0) is 44.0 Å². The molecule has 0 saturated carbocycles. The molecule has 108 valence electrons. The van der Waals surface area contributed by atoms with Gasteiger partial charge in [-0.1, -0.05) is 6.07 Å². The Balaban J connectivity index is 0.00000361. The van der Waals surface area contributed by atoms with E-state index in [0.29, 0.717) is 6.54 Å². The van der Waals surface area contributed by atoms with Crippen molar-refractivity contribution < 1.29 is 47.6 Å². The van der Waals surface area contributed by atoms with Crippen LogP contribution in [0.3, 0.4) is 0 Å². The third kappa shape index (κ3) is 7.06. The van der Waals surface area contributed by atoms with Gasteiger partial charge in [-0.15, -0.1) is 0 Å². The van der Waals surface area contributed by atoms with Gasteiger partial charge >= 0.3 is 29.6 Å². The number of hydrogen-bond donors (Lipinski definition) is 1. The number of aliphatic hydroxyl groups is 1. The largest absolute Gasteiger partial charge is 1.00 e. The number of rotatable bonds is 6. The molecule has 1 atom stereocenters. The number of aryl methyl sites for hydroxylation is 2. The molecule has 0 saturated heterocycles. The second kappa shape index (κ2) is 8.36. The zero-order chi connectivity index (χ0) is 14.6. The first kappa shape index (κ1) is 19.9. The van der Waals surface area contributed by atoms with E-state index >= 15 is 0 Å². The number of aliphatic hydroxyl groups excluding tert-OH is 1. The van der Waals surface area contributed by atoms with Crippen molar-refractivity contribution in [3.05, 3.63) is 29.3 Å². The summed E-state index contributed by atoms with van der Waals surface area (Å²) >= 11 is 0. The summed E-state index contributed by atoms with van der Waals surface area (Å²) in [6.07, 6.45) is -1.18. The molecule has 0 aliphatic rings. The van der Waals surface area contributed by atoms with E-state index in [1.165, 1.54) is 0 Å². The summed E-state index contributed by atoms with van der Waals surface area (Å²) in [6.45, 7) is 6.61. The monoisotopic (exact) mass is 309 g/mol. The summed E-state index contributed by atoms with van der Waals surface area (Å²) in [6, 6.07) is 5.97. The Kier molecular flexibility index (Phi) is 8.32. The predicted octanol–water partition coefficient (Wildman–Crippen LogP) is -1.96. The minimum absolute atomic E-state index is 0. The van der Waals surface area contributed by atoms with Crippen LogP contribution in [-0.4, -0.2) is 43.0 Å². The van der Waals surface area contributed by atoms with E-state index in [9.17, 15) is 18.1 Å². The van der Waals surface area contributed by atoms with Crippen molar-refractivity contribution in [2.45, 2.75) is 26.9 Å². The van der Waals surface area contributed by atoms with Crippen molar-refractivity contribution >= 4 is 15.8 Å². The molecule has 0 spiro atoms. The van der Waals surface area contributed by atoms with E-state index in [4.69, 9.17) is 0 Å². The molecule has 0 aliphatic carbocycles. The van der Waals surface area contributed by atoms with E-state index in [1.807, 2.05) is 43.9 Å². The Bertz CT molecular complexity index is 513. The summed E-state index contributed by atoms with van der Waals surface area (Å²) in [5.74, 6) is -0.756. The average Bonchev–Trinajstić information content (AvgIpc) is 2.21. The molecule has 0 bridgehead atoms. The fraction of sp³-hybridized carbons (Fsp3) is 0.538. The Morgan fingerprint density at radius 1 is 1.25 bits per heavy atom. The van der Waals surface area contributed by atoms with Crippen LogP contribution in [0.25, 0.3) is 0 Å². The Labute approximate surface area is 143 Å². The van der Waals surface area contributed by atoms with Crippen molar-refractivity contribution in [1.82, 2.24) is 0 Å². The first-order chi connectivity index (χ1) is 8.71. The zero-order valence-electron chi connectivity index (χ0n) is 12.5. The number of hydrogen-bond acceptors (Lipinski definition) is 5.